The molecule has 0 fully saturated rings. The Morgan fingerprint density at radius 3 is 2.26 bits per heavy atom. The highest BCUT2D eigenvalue weighted by Gasteiger charge is 2.05. The van der Waals surface area contributed by atoms with Crippen LogP contribution in [0, 0.1) is 0 Å². The van der Waals surface area contributed by atoms with Crippen LogP contribution < -0.4 is 20.1 Å². The van der Waals surface area contributed by atoms with Gasteiger partial charge in [-0.25, -0.2) is 0 Å². The molecule has 6 heteroatoms. The van der Waals surface area contributed by atoms with Gasteiger partial charge in [0, 0.05) is 6.54 Å². The van der Waals surface area contributed by atoms with Crippen LogP contribution in [0.15, 0.2) is 24.3 Å². The molecular weight excluding hydrogens is 248 g/mol. The first-order valence-corrected chi connectivity index (χ1v) is 5.96. The third-order valence-electron chi connectivity index (χ3n) is 2.25. The number of carbonyl (C=O) groups is 2. The van der Waals surface area contributed by atoms with Crippen LogP contribution >= 0.6 is 0 Å². The van der Waals surface area contributed by atoms with Crippen LogP contribution in [0.5, 0.6) is 11.5 Å². The van der Waals surface area contributed by atoms with Crippen LogP contribution in [0.4, 0.5) is 0 Å². The summed E-state index contributed by atoms with van der Waals surface area (Å²) in [5.74, 6) is 0.712. The lowest BCUT2D eigenvalue weighted by Crippen LogP contribution is -2.38. The number of hydrogen-bond acceptors (Lipinski definition) is 4. The van der Waals surface area contributed by atoms with Crippen molar-refractivity contribution in [3.8, 4) is 11.5 Å². The molecule has 2 amide bonds. The van der Waals surface area contributed by atoms with E-state index in [2.05, 4.69) is 10.6 Å². The van der Waals surface area contributed by atoms with E-state index in [1.807, 2.05) is 6.92 Å². The molecule has 0 unspecified atom stereocenters. The maximum Gasteiger partial charge on any atom is 0.258 e. The highest BCUT2D eigenvalue weighted by atomic mass is 16.5. The first kappa shape index (κ1) is 14.8. The second kappa shape index (κ2) is 7.97. The van der Waals surface area contributed by atoms with E-state index in [-0.39, 0.29) is 25.0 Å². The van der Waals surface area contributed by atoms with Crippen molar-refractivity contribution in [1.82, 2.24) is 10.6 Å². The predicted octanol–water partition coefficient (Wildman–Crippen LogP) is 0.326. The Hall–Kier alpha value is -2.24. The number of nitrogens with one attached hydrogen (secondary N) is 2. The Bertz CT molecular complexity index is 417. The van der Waals surface area contributed by atoms with Gasteiger partial charge in [-0.05, 0) is 31.2 Å². The van der Waals surface area contributed by atoms with Crippen LogP contribution in [-0.4, -0.2) is 38.6 Å². The molecular formula is C13H18N2O4. The summed E-state index contributed by atoms with van der Waals surface area (Å²) in [4.78, 5) is 22.5. The lowest BCUT2D eigenvalue weighted by molar-refractivity contribution is -0.127. The summed E-state index contributed by atoms with van der Waals surface area (Å²) in [7, 11) is 1.57. The number of benzene rings is 1. The molecule has 0 atom stereocenters. The topological polar surface area (TPSA) is 76.7 Å². The Labute approximate surface area is 112 Å². The van der Waals surface area contributed by atoms with Gasteiger partial charge >= 0.3 is 0 Å². The van der Waals surface area contributed by atoms with Gasteiger partial charge < -0.3 is 20.1 Å². The van der Waals surface area contributed by atoms with Crippen molar-refractivity contribution in [2.45, 2.75) is 6.92 Å². The minimum atomic E-state index is -0.345. The highest BCUT2D eigenvalue weighted by molar-refractivity contribution is 5.85. The van der Waals surface area contributed by atoms with Crippen LogP contribution in [0.3, 0.4) is 0 Å². The second-order valence-electron chi connectivity index (χ2n) is 3.69. The summed E-state index contributed by atoms with van der Waals surface area (Å²) >= 11 is 0. The third kappa shape index (κ3) is 5.76. The summed E-state index contributed by atoms with van der Waals surface area (Å²) in [6.07, 6.45) is 0. The molecule has 2 N–H and O–H groups in total. The van der Waals surface area contributed by atoms with E-state index in [1.54, 1.807) is 31.4 Å². The summed E-state index contributed by atoms with van der Waals surface area (Å²) < 4.78 is 10.3. The number of carbonyl (C=O) groups excluding carboxylic acids is 2. The van der Waals surface area contributed by atoms with Crippen LogP contribution in [0.25, 0.3) is 0 Å². The van der Waals surface area contributed by atoms with E-state index < -0.39 is 0 Å². The molecule has 6 nitrogen and oxygen atoms in total. The molecule has 104 valence electrons. The maximum absolute atomic E-state index is 11.4. The minimum absolute atomic E-state index is 0.0430. The van der Waals surface area contributed by atoms with Crippen LogP contribution in [0.1, 0.15) is 6.92 Å². The molecule has 0 aromatic heterocycles. The zero-order valence-electron chi connectivity index (χ0n) is 11.1. The third-order valence-corrected chi connectivity index (χ3v) is 2.25. The fourth-order valence-electron chi connectivity index (χ4n) is 1.31. The molecule has 0 bridgehead atoms. The maximum atomic E-state index is 11.4. The molecule has 0 radical (unpaired) electrons. The Balaban J connectivity index is 2.27. The smallest absolute Gasteiger partial charge is 0.258 e. The van der Waals surface area contributed by atoms with Gasteiger partial charge in [0.15, 0.2) is 6.61 Å². The van der Waals surface area contributed by atoms with E-state index in [9.17, 15) is 9.59 Å². The van der Waals surface area contributed by atoms with Crippen molar-refractivity contribution >= 4 is 11.8 Å². The molecule has 0 aliphatic carbocycles. The fourth-order valence-corrected chi connectivity index (χ4v) is 1.31. The molecule has 0 saturated carbocycles. The van der Waals surface area contributed by atoms with Crippen LogP contribution in [0.2, 0.25) is 0 Å². The Morgan fingerprint density at radius 2 is 1.68 bits per heavy atom. The minimum Gasteiger partial charge on any atom is -0.497 e. The van der Waals surface area contributed by atoms with E-state index in [1.165, 1.54) is 0 Å². The van der Waals surface area contributed by atoms with Gasteiger partial charge in [-0.2, -0.15) is 0 Å². The fraction of sp³-hybridized carbons (Fsp3) is 0.385. The number of likely N-dealkylation sites (N-methyl/N-ethyl adjacent to an activating group) is 1. The van der Waals surface area contributed by atoms with E-state index in [0.717, 1.165) is 0 Å². The molecule has 0 spiro atoms. The quantitative estimate of drug-likeness (QED) is 0.745. The van der Waals surface area contributed by atoms with E-state index in [0.29, 0.717) is 18.0 Å². The molecule has 0 heterocycles. The zero-order valence-corrected chi connectivity index (χ0v) is 11.1. The van der Waals surface area contributed by atoms with Gasteiger partial charge in [-0.3, -0.25) is 9.59 Å². The largest absolute Gasteiger partial charge is 0.497 e. The van der Waals surface area contributed by atoms with E-state index >= 15 is 0 Å². The molecule has 1 aromatic carbocycles. The van der Waals surface area contributed by atoms with Gasteiger partial charge in [0.05, 0.1) is 13.7 Å². The van der Waals surface area contributed by atoms with Crippen LogP contribution in [-0.2, 0) is 9.59 Å². The lowest BCUT2D eigenvalue weighted by atomic mass is 10.3. The number of hydrogen-bond donors (Lipinski definition) is 2. The molecule has 0 saturated heterocycles. The van der Waals surface area contributed by atoms with E-state index in [4.69, 9.17) is 9.47 Å². The highest BCUT2D eigenvalue weighted by Crippen LogP contribution is 2.16. The standard InChI is InChI=1S/C13H18N2O4/c1-3-14-12(16)8-15-13(17)9-19-11-6-4-10(18-2)5-7-11/h4-7H,3,8-9H2,1-2H3,(H,14,16)(H,15,17). The summed E-state index contributed by atoms with van der Waals surface area (Å²) in [6, 6.07) is 6.88. The Morgan fingerprint density at radius 1 is 1.05 bits per heavy atom. The number of ether oxygens (including phenoxy) is 2. The van der Waals surface area contributed by atoms with Crippen molar-refractivity contribution in [3.63, 3.8) is 0 Å². The van der Waals surface area contributed by atoms with Gasteiger partial charge in [0.2, 0.25) is 5.91 Å². The van der Waals surface area contributed by atoms with Gasteiger partial charge in [0.1, 0.15) is 11.5 Å². The monoisotopic (exact) mass is 266 g/mol. The molecule has 19 heavy (non-hydrogen) atoms. The SMILES string of the molecule is CCNC(=O)CNC(=O)COc1ccc(OC)cc1. The van der Waals surface area contributed by atoms with Crippen molar-refractivity contribution < 1.29 is 19.1 Å². The first-order valence-electron chi connectivity index (χ1n) is 5.96. The van der Waals surface area contributed by atoms with Crippen molar-refractivity contribution in [2.75, 3.05) is 26.8 Å². The molecule has 0 aliphatic rings. The van der Waals surface area contributed by atoms with Crippen molar-refractivity contribution in [2.24, 2.45) is 0 Å². The lowest BCUT2D eigenvalue weighted by Gasteiger charge is -2.08. The molecule has 1 rings (SSSR count). The van der Waals surface area contributed by atoms with Gasteiger partial charge in [-0.1, -0.05) is 0 Å². The second-order valence-corrected chi connectivity index (χ2v) is 3.69. The number of amides is 2. The predicted molar refractivity (Wildman–Crippen MR) is 70.2 cm³/mol. The first-order chi connectivity index (χ1) is 9.15. The zero-order chi connectivity index (χ0) is 14.1. The average molecular weight is 266 g/mol. The number of rotatable bonds is 7. The summed E-state index contributed by atoms with van der Waals surface area (Å²) in [5, 5.41) is 5.04. The van der Waals surface area contributed by atoms with Gasteiger partial charge in [0.25, 0.3) is 5.91 Å². The summed E-state index contributed by atoms with van der Waals surface area (Å²) in [5.41, 5.74) is 0. The average Bonchev–Trinajstić information content (AvgIpc) is 2.44. The normalized spacial score (nSPS) is 9.58. The van der Waals surface area contributed by atoms with Gasteiger partial charge in [-0.15, -0.1) is 0 Å². The van der Waals surface area contributed by atoms with Crippen molar-refractivity contribution in [3.05, 3.63) is 24.3 Å². The van der Waals surface area contributed by atoms with Crippen molar-refractivity contribution in [1.29, 1.82) is 0 Å². The summed E-state index contributed by atoms with van der Waals surface area (Å²) in [6.45, 7) is 2.17. The Kier molecular flexibility index (Phi) is 6.21. The molecule has 1 aromatic rings. The number of methoxy groups -OCH3 is 1. The molecule has 0 aliphatic heterocycles.